The molecule has 88 valence electrons. The van der Waals surface area contributed by atoms with Crippen molar-refractivity contribution in [1.29, 1.82) is 0 Å². The van der Waals surface area contributed by atoms with Crippen LogP contribution in [0.25, 0.3) is 0 Å². The van der Waals surface area contributed by atoms with Crippen LogP contribution in [-0.2, 0) is 5.41 Å². The normalized spacial score (nSPS) is 26.6. The monoisotopic (exact) mass is 227 g/mol. The van der Waals surface area contributed by atoms with E-state index in [-0.39, 0.29) is 13.0 Å². The first-order valence-electron chi connectivity index (χ1n) is 5.20. The van der Waals surface area contributed by atoms with Gasteiger partial charge in [-0.1, -0.05) is 12.1 Å². The lowest BCUT2D eigenvalue weighted by molar-refractivity contribution is 0.0896. The minimum Gasteiger partial charge on any atom is -0.496 e. The molecule has 1 aliphatic carbocycles. The number of hydrogen-bond acceptors (Lipinski definition) is 2. The van der Waals surface area contributed by atoms with E-state index in [0.29, 0.717) is 11.3 Å². The molecule has 0 aliphatic heterocycles. The number of nitrogens with two attached hydrogens (primary N) is 1. The quantitative estimate of drug-likeness (QED) is 0.859. The van der Waals surface area contributed by atoms with Crippen molar-refractivity contribution in [2.75, 3.05) is 13.7 Å². The van der Waals surface area contributed by atoms with Crippen LogP contribution >= 0.6 is 0 Å². The number of halogens is 2. The van der Waals surface area contributed by atoms with Crippen LogP contribution in [0.5, 0.6) is 5.75 Å². The van der Waals surface area contributed by atoms with Crippen molar-refractivity contribution in [3.8, 4) is 5.75 Å². The molecule has 0 amide bonds. The molecule has 1 aliphatic rings. The van der Waals surface area contributed by atoms with Gasteiger partial charge in [-0.2, -0.15) is 0 Å². The van der Waals surface area contributed by atoms with Crippen molar-refractivity contribution in [3.63, 3.8) is 0 Å². The molecule has 4 heteroatoms. The highest BCUT2D eigenvalue weighted by atomic mass is 19.3. The van der Waals surface area contributed by atoms with E-state index < -0.39 is 11.3 Å². The second kappa shape index (κ2) is 3.42. The Morgan fingerprint density at radius 2 is 2.06 bits per heavy atom. The van der Waals surface area contributed by atoms with Gasteiger partial charge in [0.2, 0.25) is 0 Å². The molecule has 1 fully saturated rings. The smallest absolute Gasteiger partial charge is 0.260 e. The molecule has 0 spiro atoms. The number of rotatable bonds is 3. The highest BCUT2D eigenvalue weighted by Crippen LogP contribution is 2.61. The lowest BCUT2D eigenvalue weighted by Crippen LogP contribution is -2.26. The van der Waals surface area contributed by atoms with Crippen LogP contribution in [-0.4, -0.2) is 19.6 Å². The largest absolute Gasteiger partial charge is 0.496 e. The minimum atomic E-state index is -2.68. The van der Waals surface area contributed by atoms with Crippen LogP contribution < -0.4 is 10.5 Å². The maximum Gasteiger partial charge on any atom is 0.260 e. The predicted molar refractivity (Wildman–Crippen MR) is 58.0 cm³/mol. The highest BCUT2D eigenvalue weighted by Gasteiger charge is 2.71. The van der Waals surface area contributed by atoms with Gasteiger partial charge in [-0.25, -0.2) is 8.78 Å². The fourth-order valence-electron chi connectivity index (χ4n) is 2.11. The van der Waals surface area contributed by atoms with E-state index in [1.807, 2.05) is 6.92 Å². The van der Waals surface area contributed by atoms with Crippen LogP contribution in [0.15, 0.2) is 18.2 Å². The van der Waals surface area contributed by atoms with Gasteiger partial charge in [0, 0.05) is 13.0 Å². The summed E-state index contributed by atoms with van der Waals surface area (Å²) in [5, 5.41) is 0. The SMILES string of the molecule is COc1cc(C2(CN)CC2(F)F)ccc1C. The number of ether oxygens (including phenoxy) is 1. The van der Waals surface area contributed by atoms with Crippen molar-refractivity contribution in [2.24, 2.45) is 5.73 Å². The van der Waals surface area contributed by atoms with Gasteiger partial charge in [0.1, 0.15) is 5.75 Å². The third-order valence-corrected chi connectivity index (χ3v) is 3.41. The second-order valence-electron chi connectivity index (χ2n) is 4.35. The van der Waals surface area contributed by atoms with Gasteiger partial charge >= 0.3 is 0 Å². The second-order valence-corrected chi connectivity index (χ2v) is 4.35. The lowest BCUT2D eigenvalue weighted by Gasteiger charge is -2.16. The van der Waals surface area contributed by atoms with Gasteiger partial charge in [-0.3, -0.25) is 0 Å². The molecule has 0 heterocycles. The van der Waals surface area contributed by atoms with Gasteiger partial charge in [-0.15, -0.1) is 0 Å². The zero-order valence-electron chi connectivity index (χ0n) is 9.39. The fourth-order valence-corrected chi connectivity index (χ4v) is 2.11. The molecule has 0 bridgehead atoms. The Kier molecular flexibility index (Phi) is 2.42. The van der Waals surface area contributed by atoms with E-state index in [1.165, 1.54) is 7.11 Å². The number of alkyl halides is 2. The summed E-state index contributed by atoms with van der Waals surface area (Å²) in [6.07, 6.45) is -0.164. The summed E-state index contributed by atoms with van der Waals surface area (Å²) >= 11 is 0. The zero-order chi connectivity index (χ0) is 12.0. The molecule has 1 atom stereocenters. The van der Waals surface area contributed by atoms with E-state index in [9.17, 15) is 8.78 Å². The van der Waals surface area contributed by atoms with Crippen molar-refractivity contribution >= 4 is 0 Å². The van der Waals surface area contributed by atoms with Crippen LogP contribution in [0.4, 0.5) is 8.78 Å². The van der Waals surface area contributed by atoms with Crippen molar-refractivity contribution < 1.29 is 13.5 Å². The summed E-state index contributed by atoms with van der Waals surface area (Å²) in [5.74, 6) is -2.05. The summed E-state index contributed by atoms with van der Waals surface area (Å²) in [4.78, 5) is 0. The average molecular weight is 227 g/mol. The van der Waals surface area contributed by atoms with E-state index in [0.717, 1.165) is 5.56 Å². The molecule has 16 heavy (non-hydrogen) atoms. The molecule has 1 unspecified atom stereocenters. The number of benzene rings is 1. The Morgan fingerprint density at radius 3 is 2.50 bits per heavy atom. The number of aryl methyl sites for hydroxylation is 1. The summed E-state index contributed by atoms with van der Waals surface area (Å²) < 4.78 is 31.8. The standard InChI is InChI=1S/C12H15F2NO/c1-8-3-4-9(5-10(8)16-2)11(7-15)6-12(11,13)14/h3-5H,6-7,15H2,1-2H3. The fraction of sp³-hybridized carbons (Fsp3) is 0.500. The highest BCUT2D eigenvalue weighted by molar-refractivity contribution is 5.45. The first-order chi connectivity index (χ1) is 7.47. The Labute approximate surface area is 93.4 Å². The van der Waals surface area contributed by atoms with E-state index >= 15 is 0 Å². The van der Waals surface area contributed by atoms with E-state index in [2.05, 4.69) is 0 Å². The summed E-state index contributed by atoms with van der Waals surface area (Å²) in [6, 6.07) is 5.18. The van der Waals surface area contributed by atoms with Crippen LogP contribution in [0, 0.1) is 6.92 Å². The van der Waals surface area contributed by atoms with Crippen molar-refractivity contribution in [2.45, 2.75) is 24.7 Å². The maximum absolute atomic E-state index is 13.4. The Bertz CT molecular complexity index is 419. The van der Waals surface area contributed by atoms with Crippen LogP contribution in [0.3, 0.4) is 0 Å². The molecule has 0 aromatic heterocycles. The molecule has 1 aromatic carbocycles. The lowest BCUT2D eigenvalue weighted by atomic mass is 9.94. The van der Waals surface area contributed by atoms with Crippen LogP contribution in [0.2, 0.25) is 0 Å². The molecular formula is C12H15F2NO. The number of hydrogen-bond donors (Lipinski definition) is 1. The van der Waals surface area contributed by atoms with Gasteiger partial charge in [0.25, 0.3) is 5.92 Å². The third kappa shape index (κ3) is 1.40. The van der Waals surface area contributed by atoms with E-state index in [1.54, 1.807) is 18.2 Å². The Morgan fingerprint density at radius 1 is 1.44 bits per heavy atom. The predicted octanol–water partition coefficient (Wildman–Crippen LogP) is 2.24. The first kappa shape index (κ1) is 11.3. The van der Waals surface area contributed by atoms with Crippen molar-refractivity contribution in [3.05, 3.63) is 29.3 Å². The van der Waals surface area contributed by atoms with Gasteiger partial charge in [0.15, 0.2) is 0 Å². The van der Waals surface area contributed by atoms with Gasteiger partial charge < -0.3 is 10.5 Å². The molecular weight excluding hydrogens is 212 g/mol. The molecule has 2 rings (SSSR count). The van der Waals surface area contributed by atoms with E-state index in [4.69, 9.17) is 10.5 Å². The average Bonchev–Trinajstić information content (AvgIpc) is 2.83. The van der Waals surface area contributed by atoms with Gasteiger partial charge in [-0.05, 0) is 24.1 Å². The molecule has 1 saturated carbocycles. The molecule has 2 nitrogen and oxygen atoms in total. The Balaban J connectivity index is 2.42. The topological polar surface area (TPSA) is 35.2 Å². The van der Waals surface area contributed by atoms with Crippen molar-refractivity contribution in [1.82, 2.24) is 0 Å². The molecule has 0 radical (unpaired) electrons. The number of methoxy groups -OCH3 is 1. The summed E-state index contributed by atoms with van der Waals surface area (Å²) in [7, 11) is 1.53. The Hall–Kier alpha value is -1.16. The molecule has 0 saturated heterocycles. The first-order valence-corrected chi connectivity index (χ1v) is 5.20. The molecule has 2 N–H and O–H groups in total. The van der Waals surface area contributed by atoms with Gasteiger partial charge in [0.05, 0.1) is 12.5 Å². The zero-order valence-corrected chi connectivity index (χ0v) is 9.39. The minimum absolute atomic E-state index is 0.0355. The summed E-state index contributed by atoms with van der Waals surface area (Å²) in [5.41, 5.74) is 5.82. The van der Waals surface area contributed by atoms with Crippen LogP contribution in [0.1, 0.15) is 17.5 Å². The summed E-state index contributed by atoms with van der Waals surface area (Å²) in [6.45, 7) is 1.84. The third-order valence-electron chi connectivity index (χ3n) is 3.41. The molecule has 1 aromatic rings. The maximum atomic E-state index is 13.4.